The third kappa shape index (κ3) is 2.67. The number of halogens is 2. The van der Waals surface area contributed by atoms with Gasteiger partial charge in [0.25, 0.3) is 0 Å². The molecule has 0 heterocycles. The fraction of sp³-hybridized carbons (Fsp3) is 0.143. The number of hydrogen-bond donors (Lipinski definition) is 0. The Morgan fingerprint density at radius 3 is 2.47 bits per heavy atom. The van der Waals surface area contributed by atoms with Crippen LogP contribution in [0.5, 0.6) is 0 Å². The number of benzene rings is 2. The summed E-state index contributed by atoms with van der Waals surface area (Å²) in [5, 5.41) is 0. The van der Waals surface area contributed by atoms with Gasteiger partial charge in [-0.1, -0.05) is 34.1 Å². The van der Waals surface area contributed by atoms with E-state index in [9.17, 15) is 4.39 Å². The molecule has 0 radical (unpaired) electrons. The van der Waals surface area contributed by atoms with Gasteiger partial charge in [-0.15, -0.1) is 0 Å². The van der Waals surface area contributed by atoms with E-state index in [0.29, 0.717) is 5.69 Å². The highest BCUT2D eigenvalue weighted by Crippen LogP contribution is 2.29. The van der Waals surface area contributed by atoms with Gasteiger partial charge in [0.05, 0.1) is 5.69 Å². The molecule has 0 aliphatic heterocycles. The first kappa shape index (κ1) is 12.1. The molecular weight excluding hydrogens is 281 g/mol. The van der Waals surface area contributed by atoms with Gasteiger partial charge >= 0.3 is 0 Å². The Morgan fingerprint density at radius 2 is 1.82 bits per heavy atom. The fourth-order valence-corrected chi connectivity index (χ4v) is 2.14. The third-order valence-electron chi connectivity index (χ3n) is 2.58. The van der Waals surface area contributed by atoms with Crippen LogP contribution in [0.1, 0.15) is 6.92 Å². The molecule has 0 unspecified atom stereocenters. The van der Waals surface area contributed by atoms with Gasteiger partial charge in [0, 0.05) is 16.7 Å². The van der Waals surface area contributed by atoms with Crippen LogP contribution in [0, 0.1) is 5.82 Å². The maximum Gasteiger partial charge on any atom is 0.146 e. The highest BCUT2D eigenvalue weighted by molar-refractivity contribution is 9.10. The minimum atomic E-state index is -0.209. The molecule has 0 aliphatic carbocycles. The molecule has 0 aromatic heterocycles. The zero-order valence-corrected chi connectivity index (χ0v) is 11.1. The Labute approximate surface area is 109 Å². The average Bonchev–Trinajstić information content (AvgIpc) is 2.36. The summed E-state index contributed by atoms with van der Waals surface area (Å²) >= 11 is 3.37. The van der Waals surface area contributed by atoms with Crippen molar-refractivity contribution in [3.05, 3.63) is 58.8 Å². The first-order valence-electron chi connectivity index (χ1n) is 5.50. The highest BCUT2D eigenvalue weighted by atomic mass is 79.9. The smallest absolute Gasteiger partial charge is 0.146 e. The largest absolute Gasteiger partial charge is 0.339 e. The lowest BCUT2D eigenvalue weighted by molar-refractivity contribution is 0.625. The van der Waals surface area contributed by atoms with Crippen LogP contribution < -0.4 is 4.90 Å². The zero-order chi connectivity index (χ0) is 12.3. The Balaban J connectivity index is 2.46. The Hall–Kier alpha value is -1.35. The standard InChI is InChI=1S/C14H13BrFN/c1-2-17(12-6-4-3-5-7-12)14-10-11(15)8-9-13(14)16/h3-10H,2H2,1H3. The predicted octanol–water partition coefficient (Wildman–Crippen LogP) is 4.75. The molecule has 88 valence electrons. The van der Waals surface area contributed by atoms with Crippen molar-refractivity contribution < 1.29 is 4.39 Å². The lowest BCUT2D eigenvalue weighted by Gasteiger charge is -2.23. The number of nitrogens with zero attached hydrogens (tertiary/aromatic N) is 1. The van der Waals surface area contributed by atoms with Gasteiger partial charge in [0.2, 0.25) is 0 Å². The van der Waals surface area contributed by atoms with Crippen molar-refractivity contribution in [2.75, 3.05) is 11.4 Å². The van der Waals surface area contributed by atoms with E-state index in [1.807, 2.05) is 42.2 Å². The van der Waals surface area contributed by atoms with Gasteiger partial charge in [-0.3, -0.25) is 0 Å². The normalized spacial score (nSPS) is 10.3. The van der Waals surface area contributed by atoms with Crippen LogP contribution >= 0.6 is 15.9 Å². The zero-order valence-electron chi connectivity index (χ0n) is 9.53. The lowest BCUT2D eigenvalue weighted by Crippen LogP contribution is -2.17. The number of rotatable bonds is 3. The monoisotopic (exact) mass is 293 g/mol. The summed E-state index contributed by atoms with van der Waals surface area (Å²) < 4.78 is 14.7. The molecule has 0 saturated carbocycles. The fourth-order valence-electron chi connectivity index (χ4n) is 1.79. The summed E-state index contributed by atoms with van der Waals surface area (Å²) in [4.78, 5) is 1.94. The highest BCUT2D eigenvalue weighted by Gasteiger charge is 2.11. The van der Waals surface area contributed by atoms with Gasteiger partial charge in [-0.2, -0.15) is 0 Å². The molecule has 3 heteroatoms. The summed E-state index contributed by atoms with van der Waals surface area (Å²) in [6.45, 7) is 2.73. The predicted molar refractivity (Wildman–Crippen MR) is 73.2 cm³/mol. The molecule has 2 rings (SSSR count). The summed E-state index contributed by atoms with van der Waals surface area (Å²) in [7, 11) is 0. The van der Waals surface area contributed by atoms with Gasteiger partial charge in [-0.25, -0.2) is 4.39 Å². The molecule has 0 fully saturated rings. The molecule has 0 saturated heterocycles. The van der Waals surface area contributed by atoms with Gasteiger partial charge in [0.15, 0.2) is 0 Å². The number of para-hydroxylation sites is 1. The second kappa shape index (κ2) is 5.32. The van der Waals surface area contributed by atoms with Gasteiger partial charge in [-0.05, 0) is 37.3 Å². The van der Waals surface area contributed by atoms with E-state index in [-0.39, 0.29) is 5.82 Å². The maximum absolute atomic E-state index is 13.8. The topological polar surface area (TPSA) is 3.24 Å². The first-order valence-corrected chi connectivity index (χ1v) is 6.29. The summed E-state index contributed by atoms with van der Waals surface area (Å²) in [6.07, 6.45) is 0. The van der Waals surface area contributed by atoms with Crippen molar-refractivity contribution in [1.82, 2.24) is 0 Å². The van der Waals surface area contributed by atoms with Crippen LogP contribution in [-0.4, -0.2) is 6.54 Å². The van der Waals surface area contributed by atoms with E-state index in [0.717, 1.165) is 16.7 Å². The van der Waals surface area contributed by atoms with E-state index in [1.165, 1.54) is 6.07 Å². The minimum absolute atomic E-state index is 0.209. The quantitative estimate of drug-likeness (QED) is 0.790. The van der Waals surface area contributed by atoms with Crippen LogP contribution in [-0.2, 0) is 0 Å². The van der Waals surface area contributed by atoms with Crippen molar-refractivity contribution in [3.8, 4) is 0 Å². The van der Waals surface area contributed by atoms with Crippen LogP contribution in [0.15, 0.2) is 53.0 Å². The van der Waals surface area contributed by atoms with E-state index in [4.69, 9.17) is 0 Å². The SMILES string of the molecule is CCN(c1ccccc1)c1cc(Br)ccc1F. The summed E-state index contributed by atoms with van der Waals surface area (Å²) in [5.41, 5.74) is 1.58. The lowest BCUT2D eigenvalue weighted by atomic mass is 10.2. The summed E-state index contributed by atoms with van der Waals surface area (Å²) in [5.74, 6) is -0.209. The molecule has 1 nitrogen and oxygen atoms in total. The van der Waals surface area contributed by atoms with Crippen molar-refractivity contribution in [2.45, 2.75) is 6.92 Å². The van der Waals surface area contributed by atoms with Crippen LogP contribution in [0.4, 0.5) is 15.8 Å². The van der Waals surface area contributed by atoms with Crippen molar-refractivity contribution in [1.29, 1.82) is 0 Å². The molecule has 0 aliphatic rings. The van der Waals surface area contributed by atoms with E-state index < -0.39 is 0 Å². The van der Waals surface area contributed by atoms with E-state index in [1.54, 1.807) is 12.1 Å². The van der Waals surface area contributed by atoms with Crippen molar-refractivity contribution in [2.24, 2.45) is 0 Å². The van der Waals surface area contributed by atoms with Crippen LogP contribution in [0.25, 0.3) is 0 Å². The molecule has 17 heavy (non-hydrogen) atoms. The molecule has 0 atom stereocenters. The molecule has 0 N–H and O–H groups in total. The Morgan fingerprint density at radius 1 is 1.12 bits per heavy atom. The second-order valence-corrected chi connectivity index (χ2v) is 4.59. The van der Waals surface area contributed by atoms with E-state index >= 15 is 0 Å². The van der Waals surface area contributed by atoms with Gasteiger partial charge in [0.1, 0.15) is 5.82 Å². The molecule has 0 bridgehead atoms. The maximum atomic E-state index is 13.8. The molecule has 2 aromatic rings. The van der Waals surface area contributed by atoms with Crippen LogP contribution in [0.3, 0.4) is 0 Å². The van der Waals surface area contributed by atoms with E-state index in [2.05, 4.69) is 15.9 Å². The van der Waals surface area contributed by atoms with Gasteiger partial charge < -0.3 is 4.90 Å². The van der Waals surface area contributed by atoms with Crippen molar-refractivity contribution in [3.63, 3.8) is 0 Å². The summed E-state index contributed by atoms with van der Waals surface area (Å²) in [6, 6.07) is 14.8. The average molecular weight is 294 g/mol. The van der Waals surface area contributed by atoms with Crippen molar-refractivity contribution >= 4 is 27.3 Å². The molecule has 0 spiro atoms. The number of anilines is 2. The minimum Gasteiger partial charge on any atom is -0.339 e. The third-order valence-corrected chi connectivity index (χ3v) is 3.08. The Kier molecular flexibility index (Phi) is 3.79. The Bertz CT molecular complexity index is 499. The molecular formula is C14H13BrFN. The first-order chi connectivity index (χ1) is 8.22. The number of hydrogen-bond acceptors (Lipinski definition) is 1. The molecule has 0 amide bonds. The van der Waals surface area contributed by atoms with Crippen LogP contribution in [0.2, 0.25) is 0 Å². The molecule has 2 aromatic carbocycles. The second-order valence-electron chi connectivity index (χ2n) is 3.68.